The van der Waals surface area contributed by atoms with E-state index in [4.69, 9.17) is 9.47 Å². The molecule has 1 fully saturated rings. The maximum atomic E-state index is 13.3. The van der Waals surface area contributed by atoms with Crippen molar-refractivity contribution < 1.29 is 24.2 Å². The number of rotatable bonds is 8. The minimum Gasteiger partial charge on any atom is -0.507 e. The van der Waals surface area contributed by atoms with Gasteiger partial charge in [-0.2, -0.15) is 0 Å². The van der Waals surface area contributed by atoms with Crippen molar-refractivity contribution in [3.05, 3.63) is 95.6 Å². The quantitative estimate of drug-likeness (QED) is 0.275. The molecule has 1 saturated heterocycles. The summed E-state index contributed by atoms with van der Waals surface area (Å²) < 4.78 is 11.3. The number of benzene rings is 3. The van der Waals surface area contributed by atoms with Crippen LogP contribution < -0.4 is 14.4 Å². The fourth-order valence-corrected chi connectivity index (χ4v) is 4.05. The van der Waals surface area contributed by atoms with E-state index in [0.717, 1.165) is 6.42 Å². The van der Waals surface area contributed by atoms with Crippen LogP contribution in [0, 0.1) is 0 Å². The first-order valence-corrected chi connectivity index (χ1v) is 11.4. The van der Waals surface area contributed by atoms with Gasteiger partial charge in [0.2, 0.25) is 0 Å². The molecule has 174 valence electrons. The average molecular weight is 458 g/mol. The number of aliphatic hydroxyl groups is 1. The number of nitrogens with zero attached hydrogens (tertiary/aromatic N) is 1. The molecule has 3 aromatic carbocycles. The Morgan fingerprint density at radius 2 is 1.59 bits per heavy atom. The molecule has 0 aliphatic carbocycles. The van der Waals surface area contributed by atoms with Crippen molar-refractivity contribution in [2.75, 3.05) is 18.1 Å². The second-order valence-electron chi connectivity index (χ2n) is 7.89. The van der Waals surface area contributed by atoms with Crippen molar-refractivity contribution in [3.8, 4) is 11.5 Å². The average Bonchev–Trinajstić information content (AvgIpc) is 3.13. The van der Waals surface area contributed by atoms with Gasteiger partial charge >= 0.3 is 0 Å². The maximum absolute atomic E-state index is 13.3. The van der Waals surface area contributed by atoms with Crippen molar-refractivity contribution in [2.24, 2.45) is 0 Å². The zero-order chi connectivity index (χ0) is 24.1. The molecule has 1 aliphatic rings. The number of carbonyl (C=O) groups excluding carboxylic acids is 2. The van der Waals surface area contributed by atoms with Gasteiger partial charge < -0.3 is 14.6 Å². The molecule has 1 atom stereocenters. The van der Waals surface area contributed by atoms with Gasteiger partial charge in [0.1, 0.15) is 17.3 Å². The van der Waals surface area contributed by atoms with E-state index in [-0.39, 0.29) is 11.3 Å². The summed E-state index contributed by atoms with van der Waals surface area (Å²) >= 11 is 0. The fourth-order valence-electron chi connectivity index (χ4n) is 4.05. The smallest absolute Gasteiger partial charge is 0.300 e. The fraction of sp³-hybridized carbons (Fsp3) is 0.214. The summed E-state index contributed by atoms with van der Waals surface area (Å²) in [4.78, 5) is 27.9. The van der Waals surface area contributed by atoms with Crippen LogP contribution >= 0.6 is 0 Å². The van der Waals surface area contributed by atoms with Gasteiger partial charge in [0.15, 0.2) is 0 Å². The molecule has 6 heteroatoms. The van der Waals surface area contributed by atoms with Gasteiger partial charge in [-0.15, -0.1) is 0 Å². The van der Waals surface area contributed by atoms with Crippen molar-refractivity contribution in [1.82, 2.24) is 0 Å². The van der Waals surface area contributed by atoms with Crippen molar-refractivity contribution in [3.63, 3.8) is 0 Å². The Kier molecular flexibility index (Phi) is 6.97. The number of para-hydroxylation sites is 1. The zero-order valence-electron chi connectivity index (χ0n) is 19.2. The molecule has 0 spiro atoms. The van der Waals surface area contributed by atoms with Gasteiger partial charge in [-0.05, 0) is 55.3 Å². The summed E-state index contributed by atoms with van der Waals surface area (Å²) in [6, 6.07) is 22.3. The third kappa shape index (κ3) is 4.53. The predicted molar refractivity (Wildman–Crippen MR) is 131 cm³/mol. The maximum Gasteiger partial charge on any atom is 0.300 e. The molecule has 1 heterocycles. The Bertz CT molecular complexity index is 1220. The highest BCUT2D eigenvalue weighted by Crippen LogP contribution is 2.43. The lowest BCUT2D eigenvalue weighted by Gasteiger charge is -2.25. The van der Waals surface area contributed by atoms with Crippen LogP contribution in [-0.4, -0.2) is 30.0 Å². The molecule has 0 saturated carbocycles. The molecule has 6 nitrogen and oxygen atoms in total. The van der Waals surface area contributed by atoms with E-state index in [9.17, 15) is 14.7 Å². The van der Waals surface area contributed by atoms with E-state index in [2.05, 4.69) is 0 Å². The minimum atomic E-state index is -0.817. The van der Waals surface area contributed by atoms with E-state index in [1.807, 2.05) is 38.1 Å². The Morgan fingerprint density at radius 3 is 2.29 bits per heavy atom. The van der Waals surface area contributed by atoms with Crippen LogP contribution in [0.4, 0.5) is 5.69 Å². The minimum absolute atomic E-state index is 0.0233. The van der Waals surface area contributed by atoms with Crippen molar-refractivity contribution in [2.45, 2.75) is 26.3 Å². The molecule has 0 radical (unpaired) electrons. The molecule has 4 rings (SSSR count). The van der Waals surface area contributed by atoms with Crippen LogP contribution in [0.1, 0.15) is 37.4 Å². The second kappa shape index (κ2) is 10.3. The molecule has 1 amide bonds. The lowest BCUT2D eigenvalue weighted by Crippen LogP contribution is -2.29. The van der Waals surface area contributed by atoms with E-state index in [1.165, 1.54) is 4.90 Å². The number of hydrogen-bond acceptors (Lipinski definition) is 5. The monoisotopic (exact) mass is 457 g/mol. The number of amides is 1. The largest absolute Gasteiger partial charge is 0.507 e. The number of carbonyl (C=O) groups is 2. The summed E-state index contributed by atoms with van der Waals surface area (Å²) in [5, 5.41) is 11.3. The first-order chi connectivity index (χ1) is 16.5. The summed E-state index contributed by atoms with van der Waals surface area (Å²) in [5.41, 5.74) is 1.66. The number of aliphatic hydroxyl groups excluding tert-OH is 1. The number of ether oxygens (including phenoxy) is 2. The number of hydrogen-bond donors (Lipinski definition) is 1. The Hall–Kier alpha value is -4.06. The highest BCUT2D eigenvalue weighted by atomic mass is 16.5. The van der Waals surface area contributed by atoms with Gasteiger partial charge in [-0.3, -0.25) is 14.5 Å². The van der Waals surface area contributed by atoms with Gasteiger partial charge in [-0.25, -0.2) is 0 Å². The van der Waals surface area contributed by atoms with Crippen LogP contribution in [0.15, 0.2) is 84.4 Å². The molecule has 1 N–H and O–H groups in total. The van der Waals surface area contributed by atoms with Crippen LogP contribution in [0.25, 0.3) is 5.76 Å². The number of ketones is 1. The summed E-state index contributed by atoms with van der Waals surface area (Å²) in [6.07, 6.45) is 0.842. The summed E-state index contributed by atoms with van der Waals surface area (Å²) in [5.74, 6) is -0.483. The molecule has 1 unspecified atom stereocenters. The highest BCUT2D eigenvalue weighted by molar-refractivity contribution is 6.51. The van der Waals surface area contributed by atoms with Gasteiger partial charge in [0.25, 0.3) is 11.7 Å². The van der Waals surface area contributed by atoms with Crippen LogP contribution in [-0.2, 0) is 9.59 Å². The third-order valence-electron chi connectivity index (χ3n) is 5.54. The Balaban J connectivity index is 1.88. The molecule has 0 aromatic heterocycles. The van der Waals surface area contributed by atoms with E-state index >= 15 is 0 Å². The standard InChI is InChI=1S/C28H27NO5/c1-3-16-34-23-15-9-11-20(18-23)26(30)24-25(19-10-8-14-22(17-19)33-4-2)29(28(32)27(24)31)21-12-6-5-7-13-21/h5-15,17-18,25,30H,3-4,16H2,1-2H3/b26-24-. The SMILES string of the molecule is CCCOc1cccc(/C(O)=C2/C(=O)C(=O)N(c3ccccc3)C2c2cccc(OCC)c2)c1. The summed E-state index contributed by atoms with van der Waals surface area (Å²) in [6.45, 7) is 4.90. The third-order valence-corrected chi connectivity index (χ3v) is 5.54. The Labute approximate surface area is 199 Å². The summed E-state index contributed by atoms with van der Waals surface area (Å²) in [7, 11) is 0. The Morgan fingerprint density at radius 1 is 0.882 bits per heavy atom. The lowest BCUT2D eigenvalue weighted by molar-refractivity contribution is -0.132. The molecular formula is C28H27NO5. The van der Waals surface area contributed by atoms with Gasteiger partial charge in [-0.1, -0.05) is 49.4 Å². The molecule has 0 bridgehead atoms. The predicted octanol–water partition coefficient (Wildman–Crippen LogP) is 5.50. The van der Waals surface area contributed by atoms with Crippen LogP contribution in [0.5, 0.6) is 11.5 Å². The van der Waals surface area contributed by atoms with Crippen molar-refractivity contribution >= 4 is 23.1 Å². The highest BCUT2D eigenvalue weighted by Gasteiger charge is 2.47. The van der Waals surface area contributed by atoms with E-state index < -0.39 is 17.7 Å². The van der Waals surface area contributed by atoms with Gasteiger partial charge in [0, 0.05) is 11.3 Å². The first-order valence-electron chi connectivity index (χ1n) is 11.4. The van der Waals surface area contributed by atoms with E-state index in [0.29, 0.717) is 41.5 Å². The molecule has 3 aromatic rings. The topological polar surface area (TPSA) is 76.1 Å². The van der Waals surface area contributed by atoms with Gasteiger partial charge in [0.05, 0.1) is 24.8 Å². The van der Waals surface area contributed by atoms with E-state index in [1.54, 1.807) is 54.6 Å². The van der Waals surface area contributed by atoms with Crippen molar-refractivity contribution in [1.29, 1.82) is 0 Å². The second-order valence-corrected chi connectivity index (χ2v) is 7.89. The molecule has 1 aliphatic heterocycles. The number of Topliss-reactive ketones (excluding diaryl/α,β-unsaturated/α-hetero) is 1. The normalized spacial score (nSPS) is 17.1. The molecule has 34 heavy (non-hydrogen) atoms. The lowest BCUT2D eigenvalue weighted by atomic mass is 9.95. The van der Waals surface area contributed by atoms with Crippen LogP contribution in [0.3, 0.4) is 0 Å². The number of anilines is 1. The molecular weight excluding hydrogens is 430 g/mol. The zero-order valence-corrected chi connectivity index (χ0v) is 19.2. The first kappa shape index (κ1) is 23.1. The van der Waals surface area contributed by atoms with Crippen LogP contribution in [0.2, 0.25) is 0 Å².